The van der Waals surface area contributed by atoms with E-state index in [1.54, 1.807) is 0 Å². The van der Waals surface area contributed by atoms with Crippen LogP contribution in [-0.2, 0) is 14.3 Å². The van der Waals surface area contributed by atoms with Crippen molar-refractivity contribution in [1.29, 1.82) is 0 Å². The molecule has 3 nitrogen and oxygen atoms in total. The van der Waals surface area contributed by atoms with E-state index >= 15 is 0 Å². The van der Waals surface area contributed by atoms with Crippen molar-refractivity contribution < 1.29 is 14.3 Å². The molecular formula is C10H18O3S2. The van der Waals surface area contributed by atoms with E-state index < -0.39 is 0 Å². The third kappa shape index (κ3) is 4.66. The quantitative estimate of drug-likeness (QED) is 0.553. The van der Waals surface area contributed by atoms with Crippen LogP contribution < -0.4 is 0 Å². The summed E-state index contributed by atoms with van der Waals surface area (Å²) in [5.74, 6) is 1.86. The first-order valence-electron chi connectivity index (χ1n) is 5.34. The maximum absolute atomic E-state index is 11.5. The van der Waals surface area contributed by atoms with Crippen LogP contribution in [0.5, 0.6) is 0 Å². The van der Waals surface area contributed by atoms with Gasteiger partial charge in [0, 0.05) is 11.5 Å². The molecule has 1 heterocycles. The second-order valence-corrected chi connectivity index (χ2v) is 5.93. The summed E-state index contributed by atoms with van der Waals surface area (Å²) >= 11 is 0. The molecule has 0 N–H and O–H groups in total. The SMILES string of the molecule is CCOC(=O)C(CC)OC1CCSSC1. The zero-order valence-corrected chi connectivity index (χ0v) is 10.9. The van der Waals surface area contributed by atoms with E-state index in [1.165, 1.54) is 0 Å². The van der Waals surface area contributed by atoms with Gasteiger partial charge in [0.2, 0.25) is 0 Å². The van der Waals surface area contributed by atoms with Crippen LogP contribution >= 0.6 is 21.6 Å². The predicted molar refractivity (Wildman–Crippen MR) is 65.1 cm³/mol. The van der Waals surface area contributed by atoms with E-state index in [-0.39, 0.29) is 18.2 Å². The van der Waals surface area contributed by atoms with Gasteiger partial charge in [-0.15, -0.1) is 0 Å². The molecule has 0 aliphatic carbocycles. The molecule has 0 amide bonds. The molecule has 5 heteroatoms. The molecule has 0 spiro atoms. The first-order valence-corrected chi connectivity index (χ1v) is 7.83. The lowest BCUT2D eigenvalue weighted by molar-refractivity contribution is -0.160. The molecule has 0 aromatic heterocycles. The molecule has 1 aliphatic rings. The summed E-state index contributed by atoms with van der Waals surface area (Å²) in [6.07, 6.45) is 1.56. The van der Waals surface area contributed by atoms with E-state index in [2.05, 4.69) is 0 Å². The fourth-order valence-corrected chi connectivity index (χ4v) is 3.70. The van der Waals surface area contributed by atoms with Gasteiger partial charge < -0.3 is 9.47 Å². The van der Waals surface area contributed by atoms with Crippen molar-refractivity contribution in [3.8, 4) is 0 Å². The molecule has 1 saturated heterocycles. The van der Waals surface area contributed by atoms with Crippen molar-refractivity contribution in [2.24, 2.45) is 0 Å². The van der Waals surface area contributed by atoms with Crippen molar-refractivity contribution >= 4 is 27.6 Å². The molecule has 2 unspecified atom stereocenters. The highest BCUT2D eigenvalue weighted by Gasteiger charge is 2.24. The second kappa shape index (κ2) is 7.41. The first kappa shape index (κ1) is 13.2. The second-order valence-electron chi connectivity index (χ2n) is 3.30. The Kier molecular flexibility index (Phi) is 6.52. The minimum atomic E-state index is -0.376. The van der Waals surface area contributed by atoms with Crippen LogP contribution in [0.15, 0.2) is 0 Å². The third-order valence-corrected chi connectivity index (χ3v) is 4.62. The van der Waals surface area contributed by atoms with E-state index in [1.807, 2.05) is 35.4 Å². The molecule has 1 fully saturated rings. The number of ether oxygens (including phenoxy) is 2. The Morgan fingerprint density at radius 1 is 1.47 bits per heavy atom. The fourth-order valence-electron chi connectivity index (χ4n) is 1.34. The molecule has 1 aliphatic heterocycles. The zero-order chi connectivity index (χ0) is 11.1. The van der Waals surface area contributed by atoms with Crippen molar-refractivity contribution in [2.45, 2.75) is 38.9 Å². The standard InChI is InChI=1S/C10H18O3S2/c1-3-9(10(11)12-4-2)13-8-5-6-14-15-7-8/h8-9H,3-7H2,1-2H3. The average Bonchev–Trinajstić information content (AvgIpc) is 2.27. The van der Waals surface area contributed by atoms with Gasteiger partial charge in [0.25, 0.3) is 0 Å². The Morgan fingerprint density at radius 2 is 2.27 bits per heavy atom. The van der Waals surface area contributed by atoms with Gasteiger partial charge in [-0.05, 0) is 19.8 Å². The highest BCUT2D eigenvalue weighted by molar-refractivity contribution is 8.76. The van der Waals surface area contributed by atoms with Crippen molar-refractivity contribution in [3.63, 3.8) is 0 Å². The number of carbonyl (C=O) groups is 1. The van der Waals surface area contributed by atoms with Gasteiger partial charge in [-0.3, -0.25) is 0 Å². The average molecular weight is 250 g/mol. The van der Waals surface area contributed by atoms with Gasteiger partial charge in [-0.2, -0.15) is 0 Å². The van der Waals surface area contributed by atoms with Crippen LogP contribution in [0.2, 0.25) is 0 Å². The van der Waals surface area contributed by atoms with Gasteiger partial charge in [-0.1, -0.05) is 28.5 Å². The third-order valence-electron chi connectivity index (χ3n) is 2.14. The summed E-state index contributed by atoms with van der Waals surface area (Å²) in [4.78, 5) is 11.5. The van der Waals surface area contributed by atoms with E-state index in [0.717, 1.165) is 17.9 Å². The summed E-state index contributed by atoms with van der Waals surface area (Å²) in [7, 11) is 3.69. The Labute approximate surface area is 99.1 Å². The number of esters is 1. The predicted octanol–water partition coefficient (Wildman–Crippen LogP) is 2.50. The van der Waals surface area contributed by atoms with Gasteiger partial charge in [0.15, 0.2) is 6.10 Å². The molecule has 0 aromatic carbocycles. The van der Waals surface area contributed by atoms with Crippen LogP contribution in [0, 0.1) is 0 Å². The number of hydrogen-bond acceptors (Lipinski definition) is 5. The first-order chi connectivity index (χ1) is 7.27. The highest BCUT2D eigenvalue weighted by atomic mass is 33.1. The van der Waals surface area contributed by atoms with Crippen LogP contribution in [0.1, 0.15) is 26.7 Å². The molecule has 0 aromatic rings. The van der Waals surface area contributed by atoms with Crippen LogP contribution in [0.4, 0.5) is 0 Å². The molecular weight excluding hydrogens is 232 g/mol. The molecule has 0 bridgehead atoms. The smallest absolute Gasteiger partial charge is 0.335 e. The van der Waals surface area contributed by atoms with E-state index in [9.17, 15) is 4.79 Å². The van der Waals surface area contributed by atoms with Gasteiger partial charge in [0.05, 0.1) is 12.7 Å². The molecule has 88 valence electrons. The maximum atomic E-state index is 11.5. The molecule has 2 atom stereocenters. The Bertz CT molecular complexity index is 193. The number of rotatable bonds is 5. The largest absolute Gasteiger partial charge is 0.464 e. The van der Waals surface area contributed by atoms with Crippen LogP contribution in [-0.4, -0.2) is 36.3 Å². The summed E-state index contributed by atoms with van der Waals surface area (Å²) in [5.41, 5.74) is 0. The number of carbonyl (C=O) groups excluding carboxylic acids is 1. The Morgan fingerprint density at radius 3 is 2.80 bits per heavy atom. The van der Waals surface area contributed by atoms with Gasteiger partial charge in [-0.25, -0.2) is 4.79 Å². The zero-order valence-electron chi connectivity index (χ0n) is 9.23. The molecule has 15 heavy (non-hydrogen) atoms. The normalized spacial score (nSPS) is 23.5. The molecule has 1 rings (SSSR count). The van der Waals surface area contributed by atoms with Gasteiger partial charge in [0.1, 0.15) is 0 Å². The van der Waals surface area contributed by atoms with Crippen molar-refractivity contribution in [2.75, 3.05) is 18.1 Å². The minimum Gasteiger partial charge on any atom is -0.464 e. The molecule has 0 saturated carbocycles. The topological polar surface area (TPSA) is 35.5 Å². The van der Waals surface area contributed by atoms with Gasteiger partial charge >= 0.3 is 5.97 Å². The summed E-state index contributed by atoms with van der Waals surface area (Å²) in [5, 5.41) is 0. The van der Waals surface area contributed by atoms with Crippen molar-refractivity contribution in [1.82, 2.24) is 0 Å². The lowest BCUT2D eigenvalue weighted by atomic mass is 10.2. The summed E-state index contributed by atoms with van der Waals surface area (Å²) in [6.45, 7) is 4.19. The lowest BCUT2D eigenvalue weighted by Gasteiger charge is -2.25. The minimum absolute atomic E-state index is 0.214. The maximum Gasteiger partial charge on any atom is 0.335 e. The fraction of sp³-hybridized carbons (Fsp3) is 0.900. The molecule has 0 radical (unpaired) electrons. The lowest BCUT2D eigenvalue weighted by Crippen LogP contribution is -2.32. The van der Waals surface area contributed by atoms with Crippen LogP contribution in [0.3, 0.4) is 0 Å². The number of hydrogen-bond donors (Lipinski definition) is 0. The summed E-state index contributed by atoms with van der Waals surface area (Å²) in [6, 6.07) is 0. The van der Waals surface area contributed by atoms with E-state index in [0.29, 0.717) is 13.0 Å². The Hall–Kier alpha value is 0.130. The Balaban J connectivity index is 2.34. The summed E-state index contributed by atoms with van der Waals surface area (Å²) < 4.78 is 10.7. The van der Waals surface area contributed by atoms with Crippen molar-refractivity contribution in [3.05, 3.63) is 0 Å². The van der Waals surface area contributed by atoms with Crippen LogP contribution in [0.25, 0.3) is 0 Å². The highest BCUT2D eigenvalue weighted by Crippen LogP contribution is 2.31. The monoisotopic (exact) mass is 250 g/mol. The van der Waals surface area contributed by atoms with E-state index in [4.69, 9.17) is 9.47 Å².